The van der Waals surface area contributed by atoms with Crippen LogP contribution in [0.25, 0.3) is 0 Å². The first-order valence-electron chi connectivity index (χ1n) is 3.68. The van der Waals surface area contributed by atoms with Gasteiger partial charge in [-0.25, -0.2) is 4.79 Å². The topological polar surface area (TPSA) is 80.7 Å². The fourth-order valence-corrected chi connectivity index (χ4v) is 1.51. The molecule has 6 heteroatoms. The van der Waals surface area contributed by atoms with Crippen LogP contribution < -0.4 is 0 Å². The van der Waals surface area contributed by atoms with Crippen molar-refractivity contribution in [2.24, 2.45) is 0 Å². The summed E-state index contributed by atoms with van der Waals surface area (Å²) in [6, 6.07) is 0. The number of hydrogen-bond acceptors (Lipinski definition) is 4. The molecule has 1 unspecified atom stereocenters. The van der Waals surface area contributed by atoms with Gasteiger partial charge in [-0.15, -0.1) is 0 Å². The standard InChI is InChI=1S/C7H13O5P/c1-5(8)4-6(7(9)10)12-13(2,3)11/h6H,4H2,1-3H3,(H,9,10). The number of carboxylic acids is 1. The molecule has 0 bridgehead atoms. The molecule has 0 radical (unpaired) electrons. The molecule has 0 spiro atoms. The van der Waals surface area contributed by atoms with Gasteiger partial charge in [0, 0.05) is 19.8 Å². The Labute approximate surface area is 76.5 Å². The van der Waals surface area contributed by atoms with E-state index >= 15 is 0 Å². The normalized spacial score (nSPS) is 13.8. The highest BCUT2D eigenvalue weighted by Crippen LogP contribution is 2.39. The maximum Gasteiger partial charge on any atom is 0.333 e. The third-order valence-electron chi connectivity index (χ3n) is 1.13. The predicted octanol–water partition coefficient (Wildman–Crippen LogP) is 0.973. The van der Waals surface area contributed by atoms with Crippen LogP contribution in [0.3, 0.4) is 0 Å². The Bertz CT molecular complexity index is 254. The summed E-state index contributed by atoms with van der Waals surface area (Å²) in [5.41, 5.74) is 0. The molecule has 1 atom stereocenters. The van der Waals surface area contributed by atoms with Gasteiger partial charge in [-0.05, 0) is 6.92 Å². The molecule has 1 N–H and O–H groups in total. The van der Waals surface area contributed by atoms with E-state index in [2.05, 4.69) is 0 Å². The minimum atomic E-state index is -2.86. The van der Waals surface area contributed by atoms with Crippen molar-refractivity contribution in [2.45, 2.75) is 19.4 Å². The van der Waals surface area contributed by atoms with Crippen molar-refractivity contribution in [2.75, 3.05) is 13.3 Å². The molecule has 0 rings (SSSR count). The van der Waals surface area contributed by atoms with E-state index in [0.717, 1.165) is 0 Å². The molecule has 0 amide bonds. The molecule has 0 saturated heterocycles. The highest BCUT2D eigenvalue weighted by atomic mass is 31.2. The zero-order valence-corrected chi connectivity index (χ0v) is 8.71. The summed E-state index contributed by atoms with van der Waals surface area (Å²) in [4.78, 5) is 21.1. The molecule has 0 aliphatic carbocycles. The van der Waals surface area contributed by atoms with Crippen molar-refractivity contribution >= 4 is 19.1 Å². The van der Waals surface area contributed by atoms with Crippen molar-refractivity contribution in [3.63, 3.8) is 0 Å². The third-order valence-corrected chi connectivity index (χ3v) is 1.89. The number of carboxylic acid groups (broad SMARTS) is 1. The van der Waals surface area contributed by atoms with Gasteiger partial charge in [0.25, 0.3) is 0 Å². The first-order valence-corrected chi connectivity index (χ1v) is 6.20. The predicted molar refractivity (Wildman–Crippen MR) is 47.3 cm³/mol. The molecule has 0 aromatic rings. The lowest BCUT2D eigenvalue weighted by atomic mass is 10.2. The largest absolute Gasteiger partial charge is 0.479 e. The molecule has 0 aliphatic rings. The summed E-state index contributed by atoms with van der Waals surface area (Å²) >= 11 is 0. The monoisotopic (exact) mass is 208 g/mol. The van der Waals surface area contributed by atoms with Crippen LogP contribution >= 0.6 is 7.37 Å². The summed E-state index contributed by atoms with van der Waals surface area (Å²) in [6.45, 7) is 3.88. The Morgan fingerprint density at radius 3 is 2.15 bits per heavy atom. The Hall–Kier alpha value is -0.670. The van der Waals surface area contributed by atoms with Crippen LogP contribution in [0, 0.1) is 0 Å². The van der Waals surface area contributed by atoms with Crippen LogP contribution in [0.2, 0.25) is 0 Å². The summed E-state index contributed by atoms with van der Waals surface area (Å²) < 4.78 is 15.9. The van der Waals surface area contributed by atoms with E-state index < -0.39 is 19.4 Å². The van der Waals surface area contributed by atoms with Crippen LogP contribution in [-0.4, -0.2) is 36.3 Å². The Balaban J connectivity index is 4.36. The van der Waals surface area contributed by atoms with Crippen molar-refractivity contribution in [3.05, 3.63) is 0 Å². The molecular weight excluding hydrogens is 195 g/mol. The van der Waals surface area contributed by atoms with E-state index in [1.165, 1.54) is 20.3 Å². The number of carbonyl (C=O) groups is 2. The highest BCUT2D eigenvalue weighted by Gasteiger charge is 2.25. The van der Waals surface area contributed by atoms with Gasteiger partial charge in [-0.3, -0.25) is 9.36 Å². The van der Waals surface area contributed by atoms with Crippen molar-refractivity contribution < 1.29 is 23.8 Å². The van der Waals surface area contributed by atoms with Crippen molar-refractivity contribution in [1.82, 2.24) is 0 Å². The van der Waals surface area contributed by atoms with Gasteiger partial charge in [-0.1, -0.05) is 0 Å². The lowest BCUT2D eigenvalue weighted by Gasteiger charge is -2.14. The van der Waals surface area contributed by atoms with Crippen LogP contribution in [0.4, 0.5) is 0 Å². The SMILES string of the molecule is CC(=O)CC(OP(C)(C)=O)C(=O)O. The first kappa shape index (κ1) is 12.3. The van der Waals surface area contributed by atoms with Gasteiger partial charge >= 0.3 is 5.97 Å². The molecular formula is C7H13O5P. The Kier molecular flexibility index (Phi) is 4.30. The second-order valence-corrected chi connectivity index (χ2v) is 5.81. The lowest BCUT2D eigenvalue weighted by molar-refractivity contribution is -0.147. The maximum absolute atomic E-state index is 11.1. The second-order valence-electron chi connectivity index (χ2n) is 3.09. The average Bonchev–Trinajstić information content (AvgIpc) is 1.81. The van der Waals surface area contributed by atoms with Crippen LogP contribution in [0.15, 0.2) is 0 Å². The summed E-state index contributed by atoms with van der Waals surface area (Å²) in [7, 11) is -2.86. The molecule has 0 aromatic carbocycles. The number of aliphatic carboxylic acids is 1. The van der Waals surface area contributed by atoms with E-state index in [0.29, 0.717) is 0 Å². The fourth-order valence-electron chi connectivity index (χ4n) is 0.737. The van der Waals surface area contributed by atoms with E-state index in [9.17, 15) is 14.2 Å². The van der Waals surface area contributed by atoms with Crippen LogP contribution in [-0.2, 0) is 18.7 Å². The molecule has 5 nitrogen and oxygen atoms in total. The van der Waals surface area contributed by atoms with E-state index in [-0.39, 0.29) is 12.2 Å². The van der Waals surface area contributed by atoms with Gasteiger partial charge < -0.3 is 9.63 Å². The molecule has 0 aromatic heterocycles. The minimum absolute atomic E-state index is 0.249. The lowest BCUT2D eigenvalue weighted by Crippen LogP contribution is -2.25. The van der Waals surface area contributed by atoms with E-state index in [1.807, 2.05) is 0 Å². The highest BCUT2D eigenvalue weighted by molar-refractivity contribution is 7.57. The smallest absolute Gasteiger partial charge is 0.333 e. The summed E-state index contributed by atoms with van der Waals surface area (Å²) in [6.07, 6.45) is -1.54. The van der Waals surface area contributed by atoms with Crippen molar-refractivity contribution in [3.8, 4) is 0 Å². The third kappa shape index (κ3) is 6.49. The summed E-state index contributed by atoms with van der Waals surface area (Å²) in [5, 5.41) is 8.59. The van der Waals surface area contributed by atoms with Crippen LogP contribution in [0.5, 0.6) is 0 Å². The first-order chi connectivity index (χ1) is 5.72. The number of hydrogen-bond donors (Lipinski definition) is 1. The Morgan fingerprint density at radius 2 is 1.92 bits per heavy atom. The number of rotatable bonds is 5. The fraction of sp³-hybridized carbons (Fsp3) is 0.714. The quantitative estimate of drug-likeness (QED) is 0.681. The second kappa shape index (κ2) is 4.53. The zero-order valence-electron chi connectivity index (χ0n) is 7.81. The van der Waals surface area contributed by atoms with Gasteiger partial charge in [0.2, 0.25) is 0 Å². The van der Waals surface area contributed by atoms with Crippen molar-refractivity contribution in [1.29, 1.82) is 0 Å². The molecule has 0 fully saturated rings. The molecule has 0 heterocycles. The minimum Gasteiger partial charge on any atom is -0.479 e. The number of Topliss-reactive ketones (excluding diaryl/α,β-unsaturated/α-hetero) is 1. The van der Waals surface area contributed by atoms with Gasteiger partial charge in [0.15, 0.2) is 13.5 Å². The zero-order chi connectivity index (χ0) is 10.6. The molecule has 0 saturated carbocycles. The molecule has 0 aliphatic heterocycles. The van der Waals surface area contributed by atoms with Gasteiger partial charge in [-0.2, -0.15) is 0 Å². The average molecular weight is 208 g/mol. The maximum atomic E-state index is 11.1. The summed E-state index contributed by atoms with van der Waals surface area (Å²) in [5.74, 6) is -1.57. The number of ketones is 1. The van der Waals surface area contributed by atoms with Crippen LogP contribution in [0.1, 0.15) is 13.3 Å². The van der Waals surface area contributed by atoms with E-state index in [1.54, 1.807) is 0 Å². The Morgan fingerprint density at radius 1 is 1.46 bits per heavy atom. The molecule has 13 heavy (non-hydrogen) atoms. The number of carbonyl (C=O) groups excluding carboxylic acids is 1. The van der Waals surface area contributed by atoms with E-state index in [4.69, 9.17) is 9.63 Å². The van der Waals surface area contributed by atoms with Gasteiger partial charge in [0.05, 0.1) is 0 Å². The van der Waals surface area contributed by atoms with Gasteiger partial charge in [0.1, 0.15) is 5.78 Å². The molecule has 76 valence electrons.